The Kier molecular flexibility index (Phi) is 7.22. The molecular weight excluding hydrogens is 391 g/mol. The van der Waals surface area contributed by atoms with Crippen LogP contribution in [0, 0.1) is 0 Å². The van der Waals surface area contributed by atoms with Crippen molar-refractivity contribution in [3.8, 4) is 11.1 Å². The minimum Gasteiger partial charge on any atom is -0.0984 e. The van der Waals surface area contributed by atoms with E-state index < -0.39 is 0 Å². The molecule has 2 aromatic carbocycles. The van der Waals surface area contributed by atoms with Crippen LogP contribution in [0.5, 0.6) is 0 Å². The molecule has 0 atom stereocenters. The van der Waals surface area contributed by atoms with Crippen molar-refractivity contribution in [3.63, 3.8) is 0 Å². The summed E-state index contributed by atoms with van der Waals surface area (Å²) in [4.78, 5) is 0. The first-order valence-corrected chi connectivity index (χ1v) is 13.5. The topological polar surface area (TPSA) is 0 Å². The van der Waals surface area contributed by atoms with E-state index >= 15 is 0 Å². The van der Waals surface area contributed by atoms with Gasteiger partial charge >= 0.3 is 0 Å². The zero-order chi connectivity index (χ0) is 23.0. The van der Waals surface area contributed by atoms with Crippen molar-refractivity contribution in [2.24, 2.45) is 0 Å². The molecule has 1 heterocycles. The highest BCUT2D eigenvalue weighted by Gasteiger charge is 2.43. The summed E-state index contributed by atoms with van der Waals surface area (Å²) in [5, 5.41) is 2.28. The lowest BCUT2D eigenvalue weighted by molar-refractivity contribution is 0.563. The van der Waals surface area contributed by atoms with Crippen LogP contribution in [0.3, 0.4) is 0 Å². The lowest BCUT2D eigenvalue weighted by Gasteiger charge is -2.45. The van der Waals surface area contributed by atoms with Crippen LogP contribution < -0.4 is 5.30 Å². The first-order chi connectivity index (χ1) is 14.5. The fourth-order valence-corrected chi connectivity index (χ4v) is 10.0. The van der Waals surface area contributed by atoms with Gasteiger partial charge in [0.25, 0.3) is 0 Å². The van der Waals surface area contributed by atoms with Gasteiger partial charge in [-0.2, -0.15) is 0 Å². The summed E-state index contributed by atoms with van der Waals surface area (Å²) in [7, 11) is -0.328. The standard InChI is InChI=1S/C30H43P/c1-10-23-19-24(21(2)3)20-26(22(4)5)28(23)25-15-11-12-16-27(25)31-29(6,7)17-13-14-18-30(31,8)9/h10-12,15-16,19-22H,1,13-14,17-18H2,2-9H3. The van der Waals surface area contributed by atoms with Gasteiger partial charge in [0.1, 0.15) is 0 Å². The van der Waals surface area contributed by atoms with Gasteiger partial charge in [-0.1, -0.05) is 125 Å². The molecule has 0 nitrogen and oxygen atoms in total. The molecule has 0 saturated carbocycles. The van der Waals surface area contributed by atoms with E-state index in [-0.39, 0.29) is 7.92 Å². The summed E-state index contributed by atoms with van der Waals surface area (Å²) in [5.74, 6) is 0.994. The number of rotatable bonds is 5. The van der Waals surface area contributed by atoms with Gasteiger partial charge in [0.2, 0.25) is 0 Å². The summed E-state index contributed by atoms with van der Waals surface area (Å²) in [5.41, 5.74) is 7.05. The summed E-state index contributed by atoms with van der Waals surface area (Å²) in [6, 6.07) is 14.2. The van der Waals surface area contributed by atoms with Crippen LogP contribution in [0.1, 0.15) is 110 Å². The molecule has 0 amide bonds. The molecule has 31 heavy (non-hydrogen) atoms. The minimum atomic E-state index is -0.328. The van der Waals surface area contributed by atoms with Crippen LogP contribution in [-0.4, -0.2) is 10.3 Å². The second-order valence-corrected chi connectivity index (χ2v) is 14.8. The molecule has 0 spiro atoms. The van der Waals surface area contributed by atoms with Gasteiger partial charge in [0.05, 0.1) is 0 Å². The lowest BCUT2D eigenvalue weighted by Crippen LogP contribution is -2.34. The largest absolute Gasteiger partial charge is 0.0984 e. The molecule has 2 aromatic rings. The van der Waals surface area contributed by atoms with Gasteiger partial charge in [0.15, 0.2) is 0 Å². The van der Waals surface area contributed by atoms with Crippen molar-refractivity contribution >= 4 is 19.3 Å². The van der Waals surface area contributed by atoms with Crippen LogP contribution in [0.4, 0.5) is 0 Å². The average molecular weight is 435 g/mol. The molecule has 1 saturated heterocycles. The van der Waals surface area contributed by atoms with E-state index in [1.807, 2.05) is 0 Å². The number of hydrogen-bond donors (Lipinski definition) is 0. The van der Waals surface area contributed by atoms with E-state index in [9.17, 15) is 0 Å². The molecule has 0 radical (unpaired) electrons. The minimum absolute atomic E-state index is 0.328. The van der Waals surface area contributed by atoms with Gasteiger partial charge in [-0.25, -0.2) is 0 Å². The quantitative estimate of drug-likeness (QED) is 0.411. The number of hydrogen-bond acceptors (Lipinski definition) is 0. The highest BCUT2D eigenvalue weighted by molar-refractivity contribution is 7.68. The molecule has 0 unspecified atom stereocenters. The molecule has 3 rings (SSSR count). The van der Waals surface area contributed by atoms with Gasteiger partial charge < -0.3 is 0 Å². The Morgan fingerprint density at radius 3 is 1.97 bits per heavy atom. The van der Waals surface area contributed by atoms with E-state index in [0.29, 0.717) is 22.1 Å². The zero-order valence-electron chi connectivity index (χ0n) is 21.2. The van der Waals surface area contributed by atoms with Crippen LogP contribution in [0.2, 0.25) is 0 Å². The monoisotopic (exact) mass is 434 g/mol. The molecule has 1 fully saturated rings. The Hall–Kier alpha value is -1.39. The predicted molar refractivity (Wildman–Crippen MR) is 143 cm³/mol. The Labute approximate surface area is 193 Å². The Morgan fingerprint density at radius 2 is 1.45 bits per heavy atom. The van der Waals surface area contributed by atoms with Crippen LogP contribution in [0.25, 0.3) is 17.2 Å². The lowest BCUT2D eigenvalue weighted by atomic mass is 9.85. The maximum atomic E-state index is 4.24. The summed E-state index contributed by atoms with van der Waals surface area (Å²) >= 11 is 0. The average Bonchev–Trinajstić information content (AvgIpc) is 2.80. The van der Waals surface area contributed by atoms with Crippen molar-refractivity contribution in [3.05, 3.63) is 59.7 Å². The maximum absolute atomic E-state index is 4.24. The zero-order valence-corrected chi connectivity index (χ0v) is 22.1. The van der Waals surface area contributed by atoms with E-state index in [4.69, 9.17) is 0 Å². The second kappa shape index (κ2) is 9.23. The fraction of sp³-hybridized carbons (Fsp3) is 0.533. The van der Waals surface area contributed by atoms with Gasteiger partial charge in [-0.3, -0.25) is 0 Å². The molecule has 1 aliphatic rings. The van der Waals surface area contributed by atoms with E-state index in [1.165, 1.54) is 53.5 Å². The van der Waals surface area contributed by atoms with Crippen LogP contribution in [0.15, 0.2) is 43.0 Å². The fourth-order valence-electron chi connectivity index (χ4n) is 5.66. The van der Waals surface area contributed by atoms with Crippen molar-refractivity contribution < 1.29 is 0 Å². The van der Waals surface area contributed by atoms with Gasteiger partial charge in [-0.15, -0.1) is 0 Å². The van der Waals surface area contributed by atoms with Crippen molar-refractivity contribution in [2.75, 3.05) is 0 Å². The Balaban J connectivity index is 2.34. The molecule has 1 aliphatic heterocycles. The summed E-state index contributed by atoms with van der Waals surface area (Å²) in [6.45, 7) is 23.6. The van der Waals surface area contributed by atoms with Crippen LogP contribution in [-0.2, 0) is 0 Å². The van der Waals surface area contributed by atoms with Gasteiger partial charge in [-0.05, 0) is 68.1 Å². The molecular formula is C30H43P. The third-order valence-corrected chi connectivity index (χ3v) is 10.9. The molecule has 0 aliphatic carbocycles. The molecule has 168 valence electrons. The Morgan fingerprint density at radius 1 is 0.871 bits per heavy atom. The summed E-state index contributed by atoms with van der Waals surface area (Å²) in [6.07, 6.45) is 7.45. The third kappa shape index (κ3) is 4.85. The number of benzene rings is 2. The van der Waals surface area contributed by atoms with E-state index in [0.717, 1.165) is 0 Å². The summed E-state index contributed by atoms with van der Waals surface area (Å²) < 4.78 is 0. The first kappa shape index (κ1) is 24.3. The highest BCUT2D eigenvalue weighted by Crippen LogP contribution is 2.64. The molecule has 0 aromatic heterocycles. The first-order valence-electron chi connectivity index (χ1n) is 12.2. The van der Waals surface area contributed by atoms with Crippen molar-refractivity contribution in [1.29, 1.82) is 0 Å². The SMILES string of the molecule is C=Cc1cc(C(C)C)cc(C(C)C)c1-c1ccccc1P1C(C)(C)CCCCC1(C)C. The molecule has 0 N–H and O–H groups in total. The van der Waals surface area contributed by atoms with E-state index in [2.05, 4.69) is 104 Å². The van der Waals surface area contributed by atoms with Crippen molar-refractivity contribution in [1.82, 2.24) is 0 Å². The van der Waals surface area contributed by atoms with Crippen molar-refractivity contribution in [2.45, 2.75) is 103 Å². The normalized spacial score (nSPS) is 18.9. The van der Waals surface area contributed by atoms with E-state index in [1.54, 1.807) is 5.30 Å². The maximum Gasteiger partial charge on any atom is -0.00703 e. The Bertz CT molecular complexity index is 911. The third-order valence-electron chi connectivity index (χ3n) is 7.18. The van der Waals surface area contributed by atoms with Gasteiger partial charge in [0, 0.05) is 0 Å². The molecule has 0 bridgehead atoms. The second-order valence-electron chi connectivity index (χ2n) is 11.3. The molecule has 1 heteroatoms. The highest BCUT2D eigenvalue weighted by atomic mass is 31.1. The van der Waals surface area contributed by atoms with Crippen LogP contribution >= 0.6 is 7.92 Å². The smallest absolute Gasteiger partial charge is 0.00703 e. The predicted octanol–water partition coefficient (Wildman–Crippen LogP) is 9.48.